The number of rotatable bonds is 5. The van der Waals surface area contributed by atoms with Crippen LogP contribution in [-0.4, -0.2) is 28.8 Å². The Morgan fingerprint density at radius 3 is 2.59 bits per heavy atom. The topological polar surface area (TPSA) is 41.9 Å². The van der Waals surface area contributed by atoms with Crippen LogP contribution in [0.2, 0.25) is 5.02 Å². The molecule has 0 N–H and O–H groups in total. The number of likely N-dealkylation sites (N-methyl/N-ethyl adjacent to an activating group) is 1. The number of thiazole rings is 1. The molecule has 0 saturated carbocycles. The van der Waals surface area contributed by atoms with Gasteiger partial charge in [0, 0.05) is 36.0 Å². The van der Waals surface area contributed by atoms with Gasteiger partial charge in [0.25, 0.3) is 0 Å². The van der Waals surface area contributed by atoms with Crippen LogP contribution in [0.25, 0.3) is 11.3 Å². The zero-order valence-electron chi connectivity index (χ0n) is 12.0. The molecule has 2 aromatic heterocycles. The minimum absolute atomic E-state index is 0.715. The average molecular weight is 330 g/mol. The predicted molar refractivity (Wildman–Crippen MR) is 90.4 cm³/mol. The second-order valence-corrected chi connectivity index (χ2v) is 5.98. The largest absolute Gasteiger partial charge is 0.358 e. The fourth-order valence-electron chi connectivity index (χ4n) is 2.02. The molecule has 0 amide bonds. The van der Waals surface area contributed by atoms with Crippen molar-refractivity contribution in [2.24, 2.45) is 0 Å². The maximum Gasteiger partial charge on any atom is 0.152 e. The number of benzene rings is 1. The van der Waals surface area contributed by atoms with Gasteiger partial charge in [0.15, 0.2) is 11.3 Å². The molecule has 22 heavy (non-hydrogen) atoms. The Morgan fingerprint density at radius 2 is 1.95 bits per heavy atom. The summed E-state index contributed by atoms with van der Waals surface area (Å²) in [5.74, 6) is 0.844. The number of halogens is 1. The highest BCUT2D eigenvalue weighted by atomic mass is 35.5. The van der Waals surface area contributed by atoms with Crippen LogP contribution in [0.3, 0.4) is 0 Å². The smallest absolute Gasteiger partial charge is 0.152 e. The molecule has 111 valence electrons. The normalized spacial score (nSPS) is 10.6. The third kappa shape index (κ3) is 3.61. The van der Waals surface area contributed by atoms with Gasteiger partial charge in [-0.05, 0) is 24.3 Å². The predicted octanol–water partition coefficient (Wildman–Crippen LogP) is 3.73. The van der Waals surface area contributed by atoms with Gasteiger partial charge in [0.1, 0.15) is 0 Å². The first-order valence-electron chi connectivity index (χ1n) is 6.83. The first-order valence-corrected chi connectivity index (χ1v) is 8.09. The molecular weight excluding hydrogens is 316 g/mol. The molecule has 1 radical (unpaired) electrons. The van der Waals surface area contributed by atoms with Gasteiger partial charge in [-0.1, -0.05) is 23.7 Å². The van der Waals surface area contributed by atoms with E-state index >= 15 is 0 Å². The standard InChI is InChI=1S/C16H14ClN4S/c1-21(9-8-14-10-22-11-18-14)16-7-6-15(19-20-16)12-2-4-13(17)5-3-12/h2-7,10H,8-9H2,1H3. The Labute approximate surface area is 138 Å². The lowest BCUT2D eigenvalue weighted by Gasteiger charge is -2.16. The van der Waals surface area contributed by atoms with Gasteiger partial charge >= 0.3 is 0 Å². The van der Waals surface area contributed by atoms with Crippen LogP contribution in [0.4, 0.5) is 5.82 Å². The maximum atomic E-state index is 5.89. The highest BCUT2D eigenvalue weighted by molar-refractivity contribution is 7.07. The summed E-state index contributed by atoms with van der Waals surface area (Å²) in [6.07, 6.45) is 0.872. The molecule has 0 aliphatic heterocycles. The number of hydrogen-bond acceptors (Lipinski definition) is 5. The monoisotopic (exact) mass is 329 g/mol. The van der Waals surface area contributed by atoms with Crippen LogP contribution in [0, 0.1) is 5.51 Å². The van der Waals surface area contributed by atoms with Crippen LogP contribution in [-0.2, 0) is 6.42 Å². The van der Waals surface area contributed by atoms with Crippen LogP contribution in [0.1, 0.15) is 5.69 Å². The first kappa shape index (κ1) is 14.9. The van der Waals surface area contributed by atoms with Gasteiger partial charge in [0.2, 0.25) is 0 Å². The second-order valence-electron chi connectivity index (χ2n) is 4.89. The summed E-state index contributed by atoms with van der Waals surface area (Å²) in [6.45, 7) is 0.840. The molecule has 0 saturated heterocycles. The SMILES string of the molecule is CN(CCc1cs[c]n1)c1ccc(-c2ccc(Cl)cc2)nn1. The summed E-state index contributed by atoms with van der Waals surface area (Å²) in [5.41, 5.74) is 5.76. The van der Waals surface area contributed by atoms with Crippen LogP contribution in [0.5, 0.6) is 0 Å². The van der Waals surface area contributed by atoms with Crippen molar-refractivity contribution in [1.82, 2.24) is 15.2 Å². The Morgan fingerprint density at radius 1 is 1.14 bits per heavy atom. The molecule has 0 atom stereocenters. The van der Waals surface area contributed by atoms with Crippen molar-refractivity contribution >= 4 is 28.8 Å². The van der Waals surface area contributed by atoms with E-state index in [0.717, 1.165) is 35.7 Å². The van der Waals surface area contributed by atoms with E-state index in [1.807, 2.05) is 48.8 Å². The molecule has 4 nitrogen and oxygen atoms in total. The van der Waals surface area contributed by atoms with Gasteiger partial charge in [-0.2, -0.15) is 0 Å². The molecule has 1 aromatic carbocycles. The fraction of sp³-hybridized carbons (Fsp3) is 0.188. The Kier molecular flexibility index (Phi) is 4.65. The number of nitrogens with zero attached hydrogens (tertiary/aromatic N) is 4. The molecule has 2 heterocycles. The zero-order chi connectivity index (χ0) is 15.4. The quantitative estimate of drug-likeness (QED) is 0.715. The van der Waals surface area contributed by atoms with Crippen molar-refractivity contribution in [3.63, 3.8) is 0 Å². The lowest BCUT2D eigenvalue weighted by molar-refractivity contribution is 0.828. The number of hydrogen-bond donors (Lipinski definition) is 0. The van der Waals surface area contributed by atoms with Gasteiger partial charge in [0.05, 0.1) is 11.4 Å². The summed E-state index contributed by atoms with van der Waals surface area (Å²) in [4.78, 5) is 6.23. The highest BCUT2D eigenvalue weighted by Gasteiger charge is 2.06. The minimum Gasteiger partial charge on any atom is -0.358 e. The molecule has 0 aliphatic rings. The summed E-state index contributed by atoms with van der Waals surface area (Å²) >= 11 is 7.39. The van der Waals surface area contributed by atoms with E-state index < -0.39 is 0 Å². The van der Waals surface area contributed by atoms with Crippen molar-refractivity contribution in [3.05, 3.63) is 58.0 Å². The van der Waals surface area contributed by atoms with E-state index in [-0.39, 0.29) is 0 Å². The van der Waals surface area contributed by atoms with E-state index in [2.05, 4.69) is 25.6 Å². The van der Waals surface area contributed by atoms with Crippen molar-refractivity contribution in [1.29, 1.82) is 0 Å². The lowest BCUT2D eigenvalue weighted by atomic mass is 10.1. The molecule has 0 aliphatic carbocycles. The highest BCUT2D eigenvalue weighted by Crippen LogP contribution is 2.20. The van der Waals surface area contributed by atoms with Crippen LogP contribution < -0.4 is 4.90 Å². The van der Waals surface area contributed by atoms with Crippen molar-refractivity contribution in [2.75, 3.05) is 18.5 Å². The van der Waals surface area contributed by atoms with Gasteiger partial charge in [-0.25, -0.2) is 4.98 Å². The second kappa shape index (κ2) is 6.85. The van der Waals surface area contributed by atoms with E-state index in [0.29, 0.717) is 5.02 Å². The summed E-state index contributed by atoms with van der Waals surface area (Å²) in [7, 11) is 2.00. The summed E-state index contributed by atoms with van der Waals surface area (Å²) < 4.78 is 0. The average Bonchev–Trinajstić information content (AvgIpc) is 3.07. The van der Waals surface area contributed by atoms with Crippen molar-refractivity contribution in [3.8, 4) is 11.3 Å². The number of aromatic nitrogens is 3. The van der Waals surface area contributed by atoms with Gasteiger partial charge in [-0.3, -0.25) is 0 Å². The molecular formula is C16H14ClN4S. The Hall–Kier alpha value is -1.98. The first-order chi connectivity index (χ1) is 10.7. The summed E-state index contributed by atoms with van der Waals surface area (Å²) in [6, 6.07) is 11.5. The van der Waals surface area contributed by atoms with Crippen LogP contribution >= 0.6 is 22.9 Å². The third-order valence-corrected chi connectivity index (χ3v) is 4.16. The van der Waals surface area contributed by atoms with Crippen LogP contribution in [0.15, 0.2) is 41.8 Å². The molecule has 6 heteroatoms. The molecule has 0 unspecified atom stereocenters. The fourth-order valence-corrected chi connectivity index (χ4v) is 2.68. The lowest BCUT2D eigenvalue weighted by Crippen LogP contribution is -2.21. The van der Waals surface area contributed by atoms with Crippen molar-refractivity contribution in [2.45, 2.75) is 6.42 Å². The maximum absolute atomic E-state index is 5.89. The molecule has 0 bridgehead atoms. The van der Waals surface area contributed by atoms with E-state index in [1.165, 1.54) is 11.3 Å². The zero-order valence-corrected chi connectivity index (χ0v) is 13.6. The summed E-state index contributed by atoms with van der Waals surface area (Å²) in [5, 5.41) is 11.3. The Bertz CT molecular complexity index is 711. The molecule has 0 fully saturated rings. The van der Waals surface area contributed by atoms with Crippen molar-refractivity contribution < 1.29 is 0 Å². The molecule has 0 spiro atoms. The number of anilines is 1. The minimum atomic E-state index is 0.715. The van der Waals surface area contributed by atoms with Gasteiger partial charge < -0.3 is 4.90 Å². The van der Waals surface area contributed by atoms with E-state index in [9.17, 15) is 0 Å². The van der Waals surface area contributed by atoms with E-state index in [1.54, 1.807) is 0 Å². The molecule has 3 rings (SSSR count). The third-order valence-electron chi connectivity index (χ3n) is 3.32. The molecule has 3 aromatic rings. The van der Waals surface area contributed by atoms with E-state index in [4.69, 9.17) is 11.6 Å². The van der Waals surface area contributed by atoms with Gasteiger partial charge in [-0.15, -0.1) is 21.5 Å². The Balaban J connectivity index is 1.66.